The Hall–Kier alpha value is -0.650. The second-order valence-corrected chi connectivity index (χ2v) is 5.11. The molecular weight excluding hydrogens is 234 g/mol. The van der Waals surface area contributed by atoms with Crippen molar-refractivity contribution in [3.05, 3.63) is 0 Å². The maximum atomic E-state index is 11.6. The monoisotopic (exact) mass is 257 g/mol. The van der Waals surface area contributed by atoms with Gasteiger partial charge in [-0.1, -0.05) is 0 Å². The van der Waals surface area contributed by atoms with Crippen molar-refractivity contribution in [1.82, 2.24) is 5.32 Å². The molecular formula is C13H23NO4. The molecule has 0 radical (unpaired) electrons. The van der Waals surface area contributed by atoms with Crippen LogP contribution in [0.25, 0.3) is 0 Å². The van der Waals surface area contributed by atoms with Gasteiger partial charge in [0.05, 0.1) is 20.3 Å². The Morgan fingerprint density at radius 1 is 1.44 bits per heavy atom. The molecule has 0 aromatic rings. The third kappa shape index (κ3) is 4.55. The minimum Gasteiger partial charge on any atom is -0.468 e. The number of ether oxygens (including phenoxy) is 3. The van der Waals surface area contributed by atoms with Crippen LogP contribution in [0.5, 0.6) is 0 Å². The van der Waals surface area contributed by atoms with Crippen molar-refractivity contribution in [3.8, 4) is 0 Å². The molecule has 1 saturated heterocycles. The van der Waals surface area contributed by atoms with E-state index in [4.69, 9.17) is 14.2 Å². The molecule has 2 rings (SSSR count). The van der Waals surface area contributed by atoms with Crippen molar-refractivity contribution in [3.63, 3.8) is 0 Å². The van der Waals surface area contributed by atoms with E-state index in [0.29, 0.717) is 25.0 Å². The van der Waals surface area contributed by atoms with Gasteiger partial charge in [0.1, 0.15) is 6.04 Å². The Kier molecular flexibility index (Phi) is 5.41. The number of methoxy groups -OCH3 is 1. The van der Waals surface area contributed by atoms with Gasteiger partial charge in [0.2, 0.25) is 0 Å². The summed E-state index contributed by atoms with van der Waals surface area (Å²) in [4.78, 5) is 11.6. The number of hydrogen-bond acceptors (Lipinski definition) is 5. The molecule has 2 fully saturated rings. The zero-order valence-electron chi connectivity index (χ0n) is 11.0. The highest BCUT2D eigenvalue weighted by atomic mass is 16.5. The van der Waals surface area contributed by atoms with Crippen LogP contribution in [0.2, 0.25) is 0 Å². The van der Waals surface area contributed by atoms with Crippen LogP contribution in [0, 0.1) is 5.92 Å². The van der Waals surface area contributed by atoms with Crippen LogP contribution in [-0.2, 0) is 19.0 Å². The fourth-order valence-corrected chi connectivity index (χ4v) is 2.11. The number of carbonyl (C=O) groups excluding carboxylic acids is 1. The predicted octanol–water partition coefficient (Wildman–Crippen LogP) is 0.723. The fraction of sp³-hybridized carbons (Fsp3) is 0.923. The first-order chi connectivity index (χ1) is 8.79. The Morgan fingerprint density at radius 2 is 2.28 bits per heavy atom. The smallest absolute Gasteiger partial charge is 0.322 e. The van der Waals surface area contributed by atoms with E-state index in [-0.39, 0.29) is 12.0 Å². The summed E-state index contributed by atoms with van der Waals surface area (Å²) < 4.78 is 15.7. The van der Waals surface area contributed by atoms with Crippen LogP contribution in [-0.4, -0.2) is 51.6 Å². The molecule has 1 aliphatic carbocycles. The van der Waals surface area contributed by atoms with Crippen molar-refractivity contribution in [2.45, 2.75) is 37.8 Å². The minimum atomic E-state index is -0.220. The van der Waals surface area contributed by atoms with Crippen molar-refractivity contribution in [2.24, 2.45) is 5.92 Å². The van der Waals surface area contributed by atoms with Crippen molar-refractivity contribution in [1.29, 1.82) is 0 Å². The minimum absolute atomic E-state index is 0.185. The SMILES string of the molecule is COC(=O)C(CCOCC1CCOC1)NC1CC1. The van der Waals surface area contributed by atoms with E-state index in [9.17, 15) is 4.79 Å². The summed E-state index contributed by atoms with van der Waals surface area (Å²) in [6, 6.07) is 0.277. The summed E-state index contributed by atoms with van der Waals surface area (Å²) in [5.74, 6) is 0.340. The number of carbonyl (C=O) groups is 1. The molecule has 0 bridgehead atoms. The molecule has 5 heteroatoms. The largest absolute Gasteiger partial charge is 0.468 e. The molecule has 2 unspecified atom stereocenters. The molecule has 1 N–H and O–H groups in total. The predicted molar refractivity (Wildman–Crippen MR) is 66.3 cm³/mol. The van der Waals surface area contributed by atoms with Gasteiger partial charge >= 0.3 is 5.97 Å². The third-order valence-electron chi connectivity index (χ3n) is 3.43. The second-order valence-electron chi connectivity index (χ2n) is 5.11. The summed E-state index contributed by atoms with van der Waals surface area (Å²) in [7, 11) is 1.43. The lowest BCUT2D eigenvalue weighted by Crippen LogP contribution is -2.40. The van der Waals surface area contributed by atoms with Gasteiger partial charge < -0.3 is 19.5 Å². The first-order valence-corrected chi connectivity index (χ1v) is 6.79. The lowest BCUT2D eigenvalue weighted by Gasteiger charge is -2.16. The highest BCUT2D eigenvalue weighted by Crippen LogP contribution is 2.20. The van der Waals surface area contributed by atoms with E-state index < -0.39 is 0 Å². The van der Waals surface area contributed by atoms with Gasteiger partial charge in [-0.15, -0.1) is 0 Å². The molecule has 18 heavy (non-hydrogen) atoms. The molecule has 0 spiro atoms. The van der Waals surface area contributed by atoms with Crippen LogP contribution in [0.4, 0.5) is 0 Å². The van der Waals surface area contributed by atoms with Crippen molar-refractivity contribution >= 4 is 5.97 Å². The molecule has 1 heterocycles. The summed E-state index contributed by atoms with van der Waals surface area (Å²) in [5.41, 5.74) is 0. The molecule has 1 aliphatic heterocycles. The second kappa shape index (κ2) is 7.07. The average Bonchev–Trinajstić information content (AvgIpc) is 3.05. The summed E-state index contributed by atoms with van der Waals surface area (Å²) in [5, 5.41) is 3.29. The maximum Gasteiger partial charge on any atom is 0.322 e. The molecule has 0 amide bonds. The molecule has 2 atom stereocenters. The zero-order chi connectivity index (χ0) is 12.8. The van der Waals surface area contributed by atoms with Crippen molar-refractivity contribution < 1.29 is 19.0 Å². The van der Waals surface area contributed by atoms with Crippen LogP contribution in [0.3, 0.4) is 0 Å². The van der Waals surface area contributed by atoms with Gasteiger partial charge in [0, 0.05) is 25.2 Å². The van der Waals surface area contributed by atoms with Gasteiger partial charge in [0.25, 0.3) is 0 Å². The Labute approximate surface area is 108 Å². The van der Waals surface area contributed by atoms with Gasteiger partial charge in [0.15, 0.2) is 0 Å². The first-order valence-electron chi connectivity index (χ1n) is 6.79. The maximum absolute atomic E-state index is 11.6. The van der Waals surface area contributed by atoms with Gasteiger partial charge in [-0.2, -0.15) is 0 Å². The highest BCUT2D eigenvalue weighted by molar-refractivity contribution is 5.75. The lowest BCUT2D eigenvalue weighted by molar-refractivity contribution is -0.143. The van der Waals surface area contributed by atoms with Crippen LogP contribution >= 0.6 is 0 Å². The molecule has 1 saturated carbocycles. The number of hydrogen-bond donors (Lipinski definition) is 1. The van der Waals surface area contributed by atoms with Crippen LogP contribution in [0.15, 0.2) is 0 Å². The Morgan fingerprint density at radius 3 is 2.89 bits per heavy atom. The normalized spacial score (nSPS) is 25.1. The van der Waals surface area contributed by atoms with Gasteiger partial charge in [-0.3, -0.25) is 4.79 Å². The van der Waals surface area contributed by atoms with Crippen LogP contribution < -0.4 is 5.32 Å². The lowest BCUT2D eigenvalue weighted by atomic mass is 10.1. The number of nitrogens with one attached hydrogen (secondary N) is 1. The van der Waals surface area contributed by atoms with Gasteiger partial charge in [-0.05, 0) is 25.7 Å². The summed E-state index contributed by atoms with van der Waals surface area (Å²) >= 11 is 0. The molecule has 5 nitrogen and oxygen atoms in total. The highest BCUT2D eigenvalue weighted by Gasteiger charge is 2.28. The van der Waals surface area contributed by atoms with Crippen LogP contribution in [0.1, 0.15) is 25.7 Å². The zero-order valence-corrected chi connectivity index (χ0v) is 11.0. The summed E-state index contributed by atoms with van der Waals surface area (Å²) in [6.45, 7) is 2.98. The quantitative estimate of drug-likeness (QED) is 0.513. The number of esters is 1. The third-order valence-corrected chi connectivity index (χ3v) is 3.43. The van der Waals surface area contributed by atoms with Gasteiger partial charge in [-0.25, -0.2) is 0 Å². The Bertz CT molecular complexity index is 262. The van der Waals surface area contributed by atoms with E-state index in [1.807, 2.05) is 0 Å². The Balaban J connectivity index is 1.59. The topological polar surface area (TPSA) is 56.8 Å². The summed E-state index contributed by atoms with van der Waals surface area (Å²) in [6.07, 6.45) is 4.08. The van der Waals surface area contributed by atoms with E-state index in [0.717, 1.165) is 39.1 Å². The average molecular weight is 257 g/mol. The van der Waals surface area contributed by atoms with E-state index >= 15 is 0 Å². The van der Waals surface area contributed by atoms with E-state index in [2.05, 4.69) is 5.32 Å². The first kappa shape index (κ1) is 13.8. The van der Waals surface area contributed by atoms with Crippen molar-refractivity contribution in [2.75, 3.05) is 33.5 Å². The standard InChI is InChI=1S/C13H23NO4/c1-16-13(15)12(14-11-2-3-11)5-7-18-9-10-4-6-17-8-10/h10-12,14H,2-9H2,1H3. The molecule has 104 valence electrons. The molecule has 2 aliphatic rings. The fourth-order valence-electron chi connectivity index (χ4n) is 2.11. The molecule has 0 aromatic carbocycles. The van der Waals surface area contributed by atoms with E-state index in [1.54, 1.807) is 0 Å². The molecule has 0 aromatic heterocycles. The van der Waals surface area contributed by atoms with E-state index in [1.165, 1.54) is 7.11 Å². The number of rotatable bonds is 8.